The first-order valence-electron chi connectivity index (χ1n) is 4.15. The van der Waals surface area contributed by atoms with E-state index in [1.807, 2.05) is 0 Å². The van der Waals surface area contributed by atoms with Crippen LogP contribution in [0.25, 0.3) is 0 Å². The number of aldehydes is 2. The maximum absolute atomic E-state index is 11.0. The SMILES string of the molecule is O=Cc1cccn1C1(C=O)C=CC=N1. The van der Waals surface area contributed by atoms with Crippen LogP contribution in [0.2, 0.25) is 0 Å². The highest BCUT2D eigenvalue weighted by atomic mass is 16.1. The zero-order valence-electron chi connectivity index (χ0n) is 7.33. The quantitative estimate of drug-likeness (QED) is 0.658. The molecule has 2 rings (SSSR count). The Balaban J connectivity index is 2.57. The minimum atomic E-state index is -1.06. The van der Waals surface area contributed by atoms with Gasteiger partial charge in [0.25, 0.3) is 0 Å². The van der Waals surface area contributed by atoms with E-state index in [0.29, 0.717) is 18.3 Å². The number of aromatic nitrogens is 1. The van der Waals surface area contributed by atoms with Crippen molar-refractivity contribution < 1.29 is 9.59 Å². The van der Waals surface area contributed by atoms with Crippen LogP contribution in [0, 0.1) is 0 Å². The number of rotatable bonds is 3. The molecule has 0 bridgehead atoms. The van der Waals surface area contributed by atoms with E-state index in [-0.39, 0.29) is 0 Å². The van der Waals surface area contributed by atoms with Crippen LogP contribution in [-0.4, -0.2) is 23.4 Å². The normalized spacial score (nSPS) is 24.0. The fourth-order valence-corrected chi connectivity index (χ4v) is 1.48. The van der Waals surface area contributed by atoms with Crippen molar-refractivity contribution in [1.82, 2.24) is 4.57 Å². The van der Waals surface area contributed by atoms with Crippen LogP contribution in [0.5, 0.6) is 0 Å². The molecule has 0 spiro atoms. The molecule has 0 saturated carbocycles. The molecule has 4 nitrogen and oxygen atoms in total. The molecule has 4 heteroatoms. The molecule has 0 saturated heterocycles. The molecule has 0 amide bonds. The van der Waals surface area contributed by atoms with E-state index in [9.17, 15) is 9.59 Å². The van der Waals surface area contributed by atoms with Gasteiger partial charge in [0.2, 0.25) is 5.66 Å². The molecule has 14 heavy (non-hydrogen) atoms. The van der Waals surface area contributed by atoms with Gasteiger partial charge in [-0.1, -0.05) is 0 Å². The standard InChI is InChI=1S/C10H8N2O2/c13-7-9-3-1-6-12(9)10(8-14)4-2-5-11-10/h1-8H. The van der Waals surface area contributed by atoms with Gasteiger partial charge in [-0.3, -0.25) is 14.6 Å². The van der Waals surface area contributed by atoms with Gasteiger partial charge >= 0.3 is 0 Å². The van der Waals surface area contributed by atoms with E-state index in [1.165, 1.54) is 4.57 Å². The molecule has 70 valence electrons. The molecule has 1 aromatic rings. The lowest BCUT2D eigenvalue weighted by atomic mass is 10.2. The first kappa shape index (κ1) is 8.62. The number of hydrogen-bond acceptors (Lipinski definition) is 3. The summed E-state index contributed by atoms with van der Waals surface area (Å²) in [7, 11) is 0. The first-order chi connectivity index (χ1) is 6.82. The highest BCUT2D eigenvalue weighted by Crippen LogP contribution is 2.22. The smallest absolute Gasteiger partial charge is 0.211 e. The molecule has 0 N–H and O–H groups in total. The van der Waals surface area contributed by atoms with Crippen molar-refractivity contribution in [3.63, 3.8) is 0 Å². The molecule has 0 aromatic carbocycles. The van der Waals surface area contributed by atoms with E-state index in [0.717, 1.165) is 0 Å². The Kier molecular flexibility index (Phi) is 1.89. The Morgan fingerprint density at radius 1 is 1.43 bits per heavy atom. The lowest BCUT2D eigenvalue weighted by molar-refractivity contribution is -0.113. The molecule has 1 aromatic heterocycles. The minimum absolute atomic E-state index is 0.431. The van der Waals surface area contributed by atoms with Gasteiger partial charge in [0, 0.05) is 12.4 Å². The van der Waals surface area contributed by atoms with Gasteiger partial charge in [0.15, 0.2) is 12.6 Å². The Morgan fingerprint density at radius 3 is 2.86 bits per heavy atom. The van der Waals surface area contributed by atoms with E-state index >= 15 is 0 Å². The summed E-state index contributed by atoms with van der Waals surface area (Å²) in [6.07, 6.45) is 7.94. The van der Waals surface area contributed by atoms with Crippen LogP contribution in [-0.2, 0) is 10.5 Å². The third-order valence-corrected chi connectivity index (χ3v) is 2.17. The summed E-state index contributed by atoms with van der Waals surface area (Å²) in [5, 5.41) is 0. The minimum Gasteiger partial charge on any atom is -0.311 e. The maximum Gasteiger partial charge on any atom is 0.211 e. The lowest BCUT2D eigenvalue weighted by Crippen LogP contribution is -2.30. The molecule has 2 heterocycles. The molecule has 0 fully saturated rings. The number of carbonyl (C=O) groups is 2. The number of carbonyl (C=O) groups excluding carboxylic acids is 2. The number of aliphatic imine (C=N–C) groups is 1. The predicted octanol–water partition coefficient (Wildman–Crippen LogP) is 0.793. The summed E-state index contributed by atoms with van der Waals surface area (Å²) in [6, 6.07) is 3.34. The van der Waals surface area contributed by atoms with Gasteiger partial charge in [0.1, 0.15) is 0 Å². The average molecular weight is 188 g/mol. The molecule has 0 radical (unpaired) electrons. The summed E-state index contributed by atoms with van der Waals surface area (Å²) in [5.74, 6) is 0. The summed E-state index contributed by atoms with van der Waals surface area (Å²) < 4.78 is 1.53. The Bertz CT molecular complexity index is 417. The fraction of sp³-hybridized carbons (Fsp3) is 0.100. The number of hydrogen-bond donors (Lipinski definition) is 0. The first-order valence-corrected chi connectivity index (χ1v) is 4.15. The van der Waals surface area contributed by atoms with E-state index < -0.39 is 5.66 Å². The third-order valence-electron chi connectivity index (χ3n) is 2.17. The number of allylic oxidation sites excluding steroid dienone is 1. The Hall–Kier alpha value is -1.97. The molecule has 1 aliphatic heterocycles. The summed E-state index contributed by atoms with van der Waals surface area (Å²) in [5.41, 5.74) is -0.625. The lowest BCUT2D eigenvalue weighted by Gasteiger charge is -2.20. The largest absolute Gasteiger partial charge is 0.311 e. The van der Waals surface area contributed by atoms with Gasteiger partial charge in [-0.25, -0.2) is 0 Å². The Morgan fingerprint density at radius 2 is 2.29 bits per heavy atom. The molecule has 1 atom stereocenters. The second kappa shape index (κ2) is 3.06. The van der Waals surface area contributed by atoms with Crippen molar-refractivity contribution in [2.45, 2.75) is 5.66 Å². The third kappa shape index (κ3) is 1.04. The van der Waals surface area contributed by atoms with Crippen molar-refractivity contribution in [3.8, 4) is 0 Å². The van der Waals surface area contributed by atoms with Gasteiger partial charge in [0.05, 0.1) is 5.69 Å². The van der Waals surface area contributed by atoms with Crippen molar-refractivity contribution >= 4 is 18.8 Å². The van der Waals surface area contributed by atoms with Crippen molar-refractivity contribution in [1.29, 1.82) is 0 Å². The van der Waals surface area contributed by atoms with E-state index in [1.54, 1.807) is 36.7 Å². The Labute approximate surface area is 80.6 Å². The summed E-state index contributed by atoms with van der Waals surface area (Å²) >= 11 is 0. The van der Waals surface area contributed by atoms with Crippen molar-refractivity contribution in [2.75, 3.05) is 0 Å². The van der Waals surface area contributed by atoms with Crippen LogP contribution in [0.4, 0.5) is 0 Å². The van der Waals surface area contributed by atoms with Crippen molar-refractivity contribution in [2.24, 2.45) is 4.99 Å². The van der Waals surface area contributed by atoms with Gasteiger partial charge < -0.3 is 4.57 Å². The van der Waals surface area contributed by atoms with Crippen LogP contribution in [0.15, 0.2) is 35.5 Å². The van der Waals surface area contributed by atoms with Crippen LogP contribution in [0.3, 0.4) is 0 Å². The molecular formula is C10H8N2O2. The fourth-order valence-electron chi connectivity index (χ4n) is 1.48. The van der Waals surface area contributed by atoms with Crippen LogP contribution >= 0.6 is 0 Å². The molecule has 1 unspecified atom stereocenters. The van der Waals surface area contributed by atoms with Gasteiger partial charge in [-0.05, 0) is 24.3 Å². The summed E-state index contributed by atoms with van der Waals surface area (Å²) in [4.78, 5) is 25.7. The topological polar surface area (TPSA) is 51.4 Å². The van der Waals surface area contributed by atoms with E-state index in [4.69, 9.17) is 0 Å². The summed E-state index contributed by atoms with van der Waals surface area (Å²) in [6.45, 7) is 0. The molecule has 0 aliphatic carbocycles. The van der Waals surface area contributed by atoms with Gasteiger partial charge in [-0.2, -0.15) is 0 Å². The highest BCUT2D eigenvalue weighted by Gasteiger charge is 2.30. The second-order valence-corrected chi connectivity index (χ2v) is 2.96. The van der Waals surface area contributed by atoms with Crippen LogP contribution < -0.4 is 0 Å². The predicted molar refractivity (Wildman–Crippen MR) is 51.5 cm³/mol. The zero-order valence-corrected chi connectivity index (χ0v) is 7.33. The monoisotopic (exact) mass is 188 g/mol. The zero-order chi connectivity index (χ0) is 10.0. The number of nitrogens with zero attached hydrogens (tertiary/aromatic N) is 2. The molecular weight excluding hydrogens is 180 g/mol. The van der Waals surface area contributed by atoms with Gasteiger partial charge in [-0.15, -0.1) is 0 Å². The second-order valence-electron chi connectivity index (χ2n) is 2.96. The highest BCUT2D eigenvalue weighted by molar-refractivity contribution is 5.83. The molecule has 1 aliphatic rings. The maximum atomic E-state index is 11.0. The van der Waals surface area contributed by atoms with Crippen molar-refractivity contribution in [3.05, 3.63) is 36.2 Å². The van der Waals surface area contributed by atoms with E-state index in [2.05, 4.69) is 4.99 Å². The van der Waals surface area contributed by atoms with Crippen LogP contribution in [0.1, 0.15) is 10.5 Å². The average Bonchev–Trinajstić information content (AvgIpc) is 2.86.